The van der Waals surface area contributed by atoms with Crippen molar-refractivity contribution in [1.82, 2.24) is 0 Å². The summed E-state index contributed by atoms with van der Waals surface area (Å²) in [5.74, 6) is -2.08. The van der Waals surface area contributed by atoms with Gasteiger partial charge in [-0.05, 0) is 44.4 Å². The minimum absolute atomic E-state index is 0.0819. The van der Waals surface area contributed by atoms with E-state index in [1.807, 2.05) is 0 Å². The molecule has 0 amide bonds. The second kappa shape index (κ2) is 5.40. The SMILES string of the molecule is CCOC(=O)C(=O)c1c(C)c(Cl)c(C)c(C)c1O. The minimum atomic E-state index is -0.991. The molecular formula is C13H15ClO4. The van der Waals surface area contributed by atoms with E-state index in [1.165, 1.54) is 0 Å². The number of benzene rings is 1. The Balaban J connectivity index is 3.42. The van der Waals surface area contributed by atoms with E-state index in [2.05, 4.69) is 4.74 Å². The molecule has 1 aromatic rings. The number of hydrogen-bond acceptors (Lipinski definition) is 4. The highest BCUT2D eigenvalue weighted by molar-refractivity contribution is 6.43. The summed E-state index contributed by atoms with van der Waals surface area (Å²) in [5, 5.41) is 10.4. The summed E-state index contributed by atoms with van der Waals surface area (Å²) >= 11 is 6.07. The number of phenols is 1. The number of Topliss-reactive ketones (excluding diaryl/α,β-unsaturated/α-hetero) is 1. The molecule has 1 N–H and O–H groups in total. The van der Waals surface area contributed by atoms with Gasteiger partial charge in [0.25, 0.3) is 5.78 Å². The number of aromatic hydroxyl groups is 1. The highest BCUT2D eigenvalue weighted by Gasteiger charge is 2.26. The molecule has 0 saturated carbocycles. The molecule has 0 aromatic heterocycles. The lowest BCUT2D eigenvalue weighted by atomic mass is 9.96. The molecule has 0 atom stereocenters. The fourth-order valence-corrected chi connectivity index (χ4v) is 1.91. The molecule has 5 heteroatoms. The highest BCUT2D eigenvalue weighted by Crippen LogP contribution is 2.35. The molecule has 0 aliphatic heterocycles. The molecule has 0 unspecified atom stereocenters. The standard InChI is InChI=1S/C13H15ClO4/c1-5-18-13(17)12(16)9-8(4)10(14)6(2)7(3)11(9)15/h15H,5H2,1-4H3. The van der Waals surface area contributed by atoms with Gasteiger partial charge in [-0.25, -0.2) is 4.79 Å². The van der Waals surface area contributed by atoms with Gasteiger partial charge in [-0.15, -0.1) is 0 Å². The Morgan fingerprint density at radius 2 is 1.72 bits per heavy atom. The number of ether oxygens (including phenoxy) is 1. The summed E-state index contributed by atoms with van der Waals surface area (Å²) in [5.41, 5.74) is 1.47. The Labute approximate surface area is 111 Å². The van der Waals surface area contributed by atoms with Crippen molar-refractivity contribution < 1.29 is 19.4 Å². The second-order valence-corrected chi connectivity index (χ2v) is 4.34. The van der Waals surface area contributed by atoms with Crippen molar-refractivity contribution in [2.45, 2.75) is 27.7 Å². The Kier molecular flexibility index (Phi) is 4.35. The maximum Gasteiger partial charge on any atom is 0.379 e. The van der Waals surface area contributed by atoms with Crippen LogP contribution in [0.2, 0.25) is 5.02 Å². The van der Waals surface area contributed by atoms with E-state index >= 15 is 0 Å². The summed E-state index contributed by atoms with van der Waals surface area (Å²) in [4.78, 5) is 23.3. The van der Waals surface area contributed by atoms with Crippen LogP contribution in [-0.2, 0) is 9.53 Å². The van der Waals surface area contributed by atoms with Crippen LogP contribution in [0.15, 0.2) is 0 Å². The third-order valence-electron chi connectivity index (χ3n) is 2.88. The summed E-state index contributed by atoms with van der Waals surface area (Å²) in [6, 6.07) is 0. The van der Waals surface area contributed by atoms with Gasteiger partial charge in [-0.2, -0.15) is 0 Å². The Morgan fingerprint density at radius 3 is 2.22 bits per heavy atom. The topological polar surface area (TPSA) is 63.6 Å². The third kappa shape index (κ3) is 2.34. The number of hydrogen-bond donors (Lipinski definition) is 1. The van der Waals surface area contributed by atoms with Crippen molar-refractivity contribution in [3.63, 3.8) is 0 Å². The molecular weight excluding hydrogens is 256 g/mol. The molecule has 0 aliphatic carbocycles. The van der Waals surface area contributed by atoms with Crippen LogP contribution in [0.3, 0.4) is 0 Å². The van der Waals surface area contributed by atoms with Crippen LogP contribution in [0.1, 0.15) is 34.0 Å². The smallest absolute Gasteiger partial charge is 0.379 e. The Bertz CT molecular complexity index is 491. The minimum Gasteiger partial charge on any atom is -0.507 e. The van der Waals surface area contributed by atoms with Crippen molar-refractivity contribution in [2.24, 2.45) is 0 Å². The van der Waals surface area contributed by atoms with E-state index in [0.29, 0.717) is 21.7 Å². The lowest BCUT2D eigenvalue weighted by Crippen LogP contribution is -2.19. The zero-order chi connectivity index (χ0) is 14.0. The predicted octanol–water partition coefficient (Wildman–Crippen LogP) is 2.72. The predicted molar refractivity (Wildman–Crippen MR) is 68.3 cm³/mol. The van der Waals surface area contributed by atoms with E-state index in [-0.39, 0.29) is 17.9 Å². The van der Waals surface area contributed by atoms with Crippen LogP contribution in [0.4, 0.5) is 0 Å². The largest absolute Gasteiger partial charge is 0.507 e. The molecule has 0 radical (unpaired) electrons. The highest BCUT2D eigenvalue weighted by atomic mass is 35.5. The van der Waals surface area contributed by atoms with Gasteiger partial charge in [0.15, 0.2) is 0 Å². The number of ketones is 1. The third-order valence-corrected chi connectivity index (χ3v) is 3.44. The van der Waals surface area contributed by atoms with Crippen molar-refractivity contribution in [2.75, 3.05) is 6.61 Å². The molecule has 0 fully saturated rings. The van der Waals surface area contributed by atoms with Crippen LogP contribution >= 0.6 is 11.6 Å². The van der Waals surface area contributed by atoms with E-state index < -0.39 is 11.8 Å². The van der Waals surface area contributed by atoms with Gasteiger partial charge in [0.1, 0.15) is 5.75 Å². The van der Waals surface area contributed by atoms with Crippen LogP contribution in [0, 0.1) is 20.8 Å². The Hall–Kier alpha value is -1.55. The number of carbonyl (C=O) groups excluding carboxylic acids is 2. The average molecular weight is 271 g/mol. The molecule has 0 bridgehead atoms. The molecule has 1 aromatic carbocycles. The van der Waals surface area contributed by atoms with Crippen LogP contribution in [-0.4, -0.2) is 23.5 Å². The van der Waals surface area contributed by atoms with Gasteiger partial charge >= 0.3 is 5.97 Å². The van der Waals surface area contributed by atoms with Crippen LogP contribution < -0.4 is 0 Å². The average Bonchev–Trinajstić information content (AvgIpc) is 2.34. The number of esters is 1. The van der Waals surface area contributed by atoms with Gasteiger partial charge in [0.05, 0.1) is 12.2 Å². The second-order valence-electron chi connectivity index (χ2n) is 3.96. The van der Waals surface area contributed by atoms with E-state index in [9.17, 15) is 14.7 Å². The number of rotatable bonds is 3. The molecule has 98 valence electrons. The van der Waals surface area contributed by atoms with Gasteiger partial charge in [-0.1, -0.05) is 11.6 Å². The van der Waals surface area contributed by atoms with Crippen molar-refractivity contribution >= 4 is 23.4 Å². The number of phenolic OH excluding ortho intramolecular Hbond substituents is 1. The molecule has 0 spiro atoms. The molecule has 0 heterocycles. The quantitative estimate of drug-likeness (QED) is 0.521. The van der Waals surface area contributed by atoms with E-state index in [1.54, 1.807) is 27.7 Å². The van der Waals surface area contributed by atoms with Gasteiger partial charge in [-0.3, -0.25) is 4.79 Å². The van der Waals surface area contributed by atoms with Crippen LogP contribution in [0.5, 0.6) is 5.75 Å². The zero-order valence-electron chi connectivity index (χ0n) is 10.8. The van der Waals surface area contributed by atoms with Crippen LogP contribution in [0.25, 0.3) is 0 Å². The monoisotopic (exact) mass is 270 g/mol. The van der Waals surface area contributed by atoms with E-state index in [0.717, 1.165) is 0 Å². The maximum absolute atomic E-state index is 11.9. The van der Waals surface area contributed by atoms with Gasteiger partial charge in [0.2, 0.25) is 0 Å². The summed E-state index contributed by atoms with van der Waals surface area (Å²) in [7, 11) is 0. The number of carbonyl (C=O) groups is 2. The lowest BCUT2D eigenvalue weighted by Gasteiger charge is -2.14. The molecule has 0 saturated heterocycles. The van der Waals surface area contributed by atoms with Crippen molar-refractivity contribution in [3.8, 4) is 5.75 Å². The first-order chi connectivity index (χ1) is 8.32. The first kappa shape index (κ1) is 14.5. The summed E-state index contributed by atoms with van der Waals surface area (Å²) < 4.78 is 4.64. The fourth-order valence-electron chi connectivity index (χ4n) is 1.67. The van der Waals surface area contributed by atoms with Gasteiger partial charge in [0, 0.05) is 5.02 Å². The lowest BCUT2D eigenvalue weighted by molar-refractivity contribution is -0.137. The molecule has 1 rings (SSSR count). The van der Waals surface area contributed by atoms with E-state index in [4.69, 9.17) is 11.6 Å². The fraction of sp³-hybridized carbons (Fsp3) is 0.385. The first-order valence-corrected chi connectivity index (χ1v) is 5.90. The summed E-state index contributed by atoms with van der Waals surface area (Å²) in [6.07, 6.45) is 0. The summed E-state index contributed by atoms with van der Waals surface area (Å²) in [6.45, 7) is 6.66. The van der Waals surface area contributed by atoms with Crippen molar-refractivity contribution in [3.05, 3.63) is 27.3 Å². The maximum atomic E-state index is 11.9. The normalized spacial score (nSPS) is 10.3. The first-order valence-electron chi connectivity index (χ1n) is 5.52. The molecule has 18 heavy (non-hydrogen) atoms. The molecule has 4 nitrogen and oxygen atoms in total. The number of halogens is 1. The van der Waals surface area contributed by atoms with Crippen molar-refractivity contribution in [1.29, 1.82) is 0 Å². The molecule has 0 aliphatic rings. The van der Waals surface area contributed by atoms with Gasteiger partial charge < -0.3 is 9.84 Å². The zero-order valence-corrected chi connectivity index (χ0v) is 11.5. The Morgan fingerprint density at radius 1 is 1.17 bits per heavy atom.